The molecule has 0 atom stereocenters. The lowest BCUT2D eigenvalue weighted by Gasteiger charge is -2.24. The van der Waals surface area contributed by atoms with Crippen LogP contribution in [0.1, 0.15) is 6.42 Å². The highest BCUT2D eigenvalue weighted by molar-refractivity contribution is 6.30. The number of aromatic hydroxyl groups is 1. The van der Waals surface area contributed by atoms with Gasteiger partial charge >= 0.3 is 12.0 Å². The lowest BCUT2D eigenvalue weighted by molar-refractivity contribution is -0.136. The van der Waals surface area contributed by atoms with Crippen molar-refractivity contribution in [2.24, 2.45) is 7.05 Å². The van der Waals surface area contributed by atoms with Gasteiger partial charge in [0, 0.05) is 24.8 Å². The summed E-state index contributed by atoms with van der Waals surface area (Å²) in [7, 11) is 1.49. The van der Waals surface area contributed by atoms with Crippen LogP contribution < -0.4 is 15.8 Å². The van der Waals surface area contributed by atoms with Crippen LogP contribution in [0.4, 0.5) is 16.2 Å². The number of amides is 2. The van der Waals surface area contributed by atoms with Crippen molar-refractivity contribution < 1.29 is 19.8 Å². The number of aliphatic carboxylic acids is 1. The molecule has 0 fully saturated rings. The van der Waals surface area contributed by atoms with Crippen LogP contribution in [0.2, 0.25) is 5.02 Å². The first-order valence-electron chi connectivity index (χ1n) is 9.32. The average molecular weight is 442 g/mol. The Labute approximate surface area is 182 Å². The van der Waals surface area contributed by atoms with Crippen LogP contribution in [-0.2, 0) is 11.8 Å². The Kier molecular flexibility index (Phi) is 6.61. The zero-order valence-electron chi connectivity index (χ0n) is 16.6. The molecule has 1 heterocycles. The fourth-order valence-corrected chi connectivity index (χ4v) is 3.20. The number of pyridine rings is 1. The Hall–Kier alpha value is -3.78. The standard InChI is InChI=1S/C22H20ClN3O5/c1-25-11-9-18(27)20(21(25)30)26(22(31)24-10-8-19(28)29)17-7-3-5-15(13-17)14-4-2-6-16(23)12-14/h2-7,9,11-13,27H,8,10H2,1H3,(H,24,31)(H,28,29). The molecule has 0 unspecified atom stereocenters. The number of aryl methyl sites for hydroxylation is 1. The number of nitrogens with one attached hydrogen (secondary N) is 1. The van der Waals surface area contributed by atoms with E-state index in [-0.39, 0.29) is 24.4 Å². The van der Waals surface area contributed by atoms with Crippen LogP contribution in [-0.4, -0.2) is 33.3 Å². The van der Waals surface area contributed by atoms with Gasteiger partial charge in [-0.25, -0.2) is 4.79 Å². The van der Waals surface area contributed by atoms with Crippen molar-refractivity contribution in [3.63, 3.8) is 0 Å². The number of urea groups is 1. The number of aromatic nitrogens is 1. The summed E-state index contributed by atoms with van der Waals surface area (Å²) in [4.78, 5) is 37.6. The largest absolute Gasteiger partial charge is 0.505 e. The summed E-state index contributed by atoms with van der Waals surface area (Å²) in [6.45, 7) is -0.146. The molecule has 2 amide bonds. The fraction of sp³-hybridized carbons (Fsp3) is 0.136. The van der Waals surface area contributed by atoms with Crippen molar-refractivity contribution >= 4 is 35.0 Å². The molecule has 0 aliphatic rings. The average Bonchev–Trinajstić information content (AvgIpc) is 2.73. The monoisotopic (exact) mass is 441 g/mol. The third kappa shape index (κ3) is 5.04. The van der Waals surface area contributed by atoms with Crippen LogP contribution in [0, 0.1) is 0 Å². The fourth-order valence-electron chi connectivity index (χ4n) is 3.01. The van der Waals surface area contributed by atoms with Crippen LogP contribution in [0.25, 0.3) is 11.1 Å². The summed E-state index contributed by atoms with van der Waals surface area (Å²) in [6, 6.07) is 14.5. The van der Waals surface area contributed by atoms with Gasteiger partial charge < -0.3 is 20.1 Å². The van der Waals surface area contributed by atoms with E-state index in [4.69, 9.17) is 16.7 Å². The predicted octanol–water partition coefficient (Wildman–Crippen LogP) is 3.73. The minimum atomic E-state index is -1.08. The molecule has 3 rings (SSSR count). The minimum absolute atomic E-state index is 0.146. The van der Waals surface area contributed by atoms with Gasteiger partial charge in [0.1, 0.15) is 5.75 Å². The first-order chi connectivity index (χ1) is 14.8. The minimum Gasteiger partial charge on any atom is -0.505 e. The number of anilines is 2. The predicted molar refractivity (Wildman–Crippen MR) is 118 cm³/mol. The Morgan fingerprint density at radius 3 is 2.45 bits per heavy atom. The molecule has 0 spiro atoms. The second-order valence-electron chi connectivity index (χ2n) is 6.74. The van der Waals surface area contributed by atoms with E-state index in [2.05, 4.69) is 5.32 Å². The molecule has 2 aromatic carbocycles. The summed E-state index contributed by atoms with van der Waals surface area (Å²) in [5, 5.41) is 22.2. The summed E-state index contributed by atoms with van der Waals surface area (Å²) >= 11 is 6.09. The van der Waals surface area contributed by atoms with Gasteiger partial charge in [-0.1, -0.05) is 35.9 Å². The molecule has 3 aromatic rings. The molecule has 0 radical (unpaired) electrons. The maximum absolute atomic E-state index is 13.0. The van der Waals surface area contributed by atoms with Crippen LogP contribution in [0.3, 0.4) is 0 Å². The van der Waals surface area contributed by atoms with E-state index >= 15 is 0 Å². The van der Waals surface area contributed by atoms with Gasteiger partial charge in [-0.2, -0.15) is 0 Å². The maximum atomic E-state index is 13.0. The topological polar surface area (TPSA) is 112 Å². The number of hydrogen-bond donors (Lipinski definition) is 3. The summed E-state index contributed by atoms with van der Waals surface area (Å²) in [6.07, 6.45) is 1.09. The molecule has 3 N–H and O–H groups in total. The van der Waals surface area contributed by atoms with E-state index in [1.807, 2.05) is 12.1 Å². The molecule has 0 saturated heterocycles. The number of hydrogen-bond acceptors (Lipinski definition) is 4. The van der Waals surface area contributed by atoms with Gasteiger partial charge in [0.15, 0.2) is 5.69 Å². The van der Waals surface area contributed by atoms with Crippen LogP contribution >= 0.6 is 11.6 Å². The van der Waals surface area contributed by atoms with E-state index < -0.39 is 17.6 Å². The number of carbonyl (C=O) groups is 2. The molecule has 0 bridgehead atoms. The first kappa shape index (κ1) is 21.9. The maximum Gasteiger partial charge on any atom is 0.326 e. The Morgan fingerprint density at radius 1 is 1.10 bits per heavy atom. The number of nitrogens with zero attached hydrogens (tertiary/aromatic N) is 2. The molecule has 0 saturated carbocycles. The number of carboxylic acids is 1. The van der Waals surface area contributed by atoms with Gasteiger partial charge in [-0.05, 0) is 41.5 Å². The highest BCUT2D eigenvalue weighted by Crippen LogP contribution is 2.33. The van der Waals surface area contributed by atoms with E-state index in [1.165, 1.54) is 23.9 Å². The van der Waals surface area contributed by atoms with Crippen LogP contribution in [0.15, 0.2) is 65.6 Å². The SMILES string of the molecule is Cn1ccc(O)c(N(C(=O)NCCC(=O)O)c2cccc(-c3cccc(Cl)c3)c2)c1=O. The van der Waals surface area contributed by atoms with Crippen molar-refractivity contribution in [3.8, 4) is 16.9 Å². The third-order valence-electron chi connectivity index (χ3n) is 4.53. The second kappa shape index (κ2) is 9.36. The molecule has 9 heteroatoms. The van der Waals surface area contributed by atoms with Gasteiger partial charge in [0.05, 0.1) is 12.1 Å². The van der Waals surface area contributed by atoms with Gasteiger partial charge in [-0.15, -0.1) is 0 Å². The van der Waals surface area contributed by atoms with Crippen molar-refractivity contribution in [2.75, 3.05) is 11.4 Å². The molecule has 160 valence electrons. The summed E-state index contributed by atoms with van der Waals surface area (Å²) in [5.41, 5.74) is 0.993. The zero-order chi connectivity index (χ0) is 22.5. The highest BCUT2D eigenvalue weighted by atomic mass is 35.5. The van der Waals surface area contributed by atoms with Crippen LogP contribution in [0.5, 0.6) is 5.75 Å². The molecular formula is C22H20ClN3O5. The lowest BCUT2D eigenvalue weighted by Crippen LogP contribution is -2.41. The molecule has 1 aromatic heterocycles. The van der Waals surface area contributed by atoms with Crippen molar-refractivity contribution in [3.05, 3.63) is 76.2 Å². The molecular weight excluding hydrogens is 422 g/mol. The van der Waals surface area contributed by atoms with Gasteiger partial charge in [0.2, 0.25) is 0 Å². The first-order valence-corrected chi connectivity index (χ1v) is 9.70. The Balaban J connectivity index is 2.10. The molecule has 31 heavy (non-hydrogen) atoms. The summed E-state index contributed by atoms with van der Waals surface area (Å²) < 4.78 is 1.23. The number of carboxylic acid groups (broad SMARTS) is 1. The van der Waals surface area contributed by atoms with E-state index in [0.29, 0.717) is 10.7 Å². The quantitative estimate of drug-likeness (QED) is 0.539. The molecule has 0 aliphatic carbocycles. The summed E-state index contributed by atoms with van der Waals surface area (Å²) in [5.74, 6) is -1.46. The molecule has 0 aliphatic heterocycles. The molecule has 8 nitrogen and oxygen atoms in total. The number of rotatable bonds is 6. The van der Waals surface area contributed by atoms with E-state index in [0.717, 1.165) is 16.0 Å². The Morgan fingerprint density at radius 2 is 1.77 bits per heavy atom. The number of carbonyl (C=O) groups excluding carboxylic acids is 1. The van der Waals surface area contributed by atoms with E-state index in [1.54, 1.807) is 36.4 Å². The number of benzene rings is 2. The number of halogens is 1. The second-order valence-corrected chi connectivity index (χ2v) is 7.17. The Bertz CT molecular complexity index is 1190. The zero-order valence-corrected chi connectivity index (χ0v) is 17.3. The normalized spacial score (nSPS) is 10.5. The van der Waals surface area contributed by atoms with Crippen molar-refractivity contribution in [1.82, 2.24) is 9.88 Å². The smallest absolute Gasteiger partial charge is 0.326 e. The van der Waals surface area contributed by atoms with Gasteiger partial charge in [-0.3, -0.25) is 14.5 Å². The van der Waals surface area contributed by atoms with Crippen molar-refractivity contribution in [1.29, 1.82) is 0 Å². The van der Waals surface area contributed by atoms with Crippen molar-refractivity contribution in [2.45, 2.75) is 6.42 Å². The lowest BCUT2D eigenvalue weighted by atomic mass is 10.0. The highest BCUT2D eigenvalue weighted by Gasteiger charge is 2.25. The van der Waals surface area contributed by atoms with E-state index in [9.17, 15) is 19.5 Å². The van der Waals surface area contributed by atoms with Gasteiger partial charge in [0.25, 0.3) is 5.56 Å². The third-order valence-corrected chi connectivity index (χ3v) is 4.76.